The molecule has 1 fully saturated rings. The van der Waals surface area contributed by atoms with Gasteiger partial charge in [0.25, 0.3) is 0 Å². The second kappa shape index (κ2) is 6.58. The van der Waals surface area contributed by atoms with E-state index in [1.54, 1.807) is 0 Å². The lowest BCUT2D eigenvalue weighted by Crippen LogP contribution is -2.43. The van der Waals surface area contributed by atoms with E-state index in [0.29, 0.717) is 37.9 Å². The summed E-state index contributed by atoms with van der Waals surface area (Å²) in [4.78, 5) is 13.7. The number of carbonyl (C=O) groups is 1. The number of ether oxygens (including phenoxy) is 1. The topological polar surface area (TPSA) is 41.6 Å². The summed E-state index contributed by atoms with van der Waals surface area (Å²) >= 11 is 8.08. The zero-order valence-electron chi connectivity index (χ0n) is 9.79. The maximum absolute atomic E-state index is 11.9. The van der Waals surface area contributed by atoms with Crippen LogP contribution in [0.15, 0.2) is 18.2 Å². The SMILES string of the molecule is O=C(CNc1ccc(Cl)cc1I)N1CCOCC1. The van der Waals surface area contributed by atoms with E-state index < -0.39 is 0 Å². The summed E-state index contributed by atoms with van der Waals surface area (Å²) in [5.41, 5.74) is 0.932. The molecule has 0 radical (unpaired) electrons. The Bertz CT molecular complexity index is 436. The maximum atomic E-state index is 11.9. The summed E-state index contributed by atoms with van der Waals surface area (Å²) in [6.07, 6.45) is 0. The van der Waals surface area contributed by atoms with Gasteiger partial charge in [0.2, 0.25) is 5.91 Å². The molecule has 0 saturated carbocycles. The van der Waals surface area contributed by atoms with Crippen LogP contribution in [0.1, 0.15) is 0 Å². The maximum Gasteiger partial charge on any atom is 0.242 e. The van der Waals surface area contributed by atoms with E-state index in [2.05, 4.69) is 27.9 Å². The van der Waals surface area contributed by atoms with Gasteiger partial charge in [0.1, 0.15) is 0 Å². The molecular formula is C12H14ClIN2O2. The highest BCUT2D eigenvalue weighted by Gasteiger charge is 2.16. The Labute approximate surface area is 125 Å². The van der Waals surface area contributed by atoms with E-state index in [1.807, 2.05) is 23.1 Å². The van der Waals surface area contributed by atoms with Gasteiger partial charge in [-0.25, -0.2) is 0 Å². The number of hydrogen-bond acceptors (Lipinski definition) is 3. The number of hydrogen-bond donors (Lipinski definition) is 1. The first-order chi connectivity index (χ1) is 8.66. The minimum atomic E-state index is 0.101. The van der Waals surface area contributed by atoms with Crippen LogP contribution < -0.4 is 5.32 Å². The summed E-state index contributed by atoms with van der Waals surface area (Å²) in [5.74, 6) is 0.101. The Balaban J connectivity index is 1.88. The van der Waals surface area contributed by atoms with Crippen molar-refractivity contribution >= 4 is 45.8 Å². The van der Waals surface area contributed by atoms with E-state index in [0.717, 1.165) is 9.26 Å². The molecule has 1 aliphatic rings. The standard InChI is InChI=1S/C12H14ClIN2O2/c13-9-1-2-11(10(14)7-9)15-8-12(17)16-3-5-18-6-4-16/h1-2,7,15H,3-6,8H2. The molecule has 18 heavy (non-hydrogen) atoms. The van der Waals surface area contributed by atoms with Gasteiger partial charge < -0.3 is 15.0 Å². The highest BCUT2D eigenvalue weighted by atomic mass is 127. The van der Waals surface area contributed by atoms with Crippen molar-refractivity contribution in [1.82, 2.24) is 4.90 Å². The summed E-state index contributed by atoms with van der Waals surface area (Å²) in [7, 11) is 0. The predicted octanol–water partition coefficient (Wildman–Crippen LogP) is 2.22. The Hall–Kier alpha value is -0.530. The summed E-state index contributed by atoms with van der Waals surface area (Å²) in [6.45, 7) is 2.92. The molecule has 1 aromatic carbocycles. The smallest absolute Gasteiger partial charge is 0.242 e. The lowest BCUT2D eigenvalue weighted by molar-refractivity contribution is -0.133. The molecule has 1 amide bonds. The van der Waals surface area contributed by atoms with Crippen molar-refractivity contribution in [3.63, 3.8) is 0 Å². The lowest BCUT2D eigenvalue weighted by atomic mass is 10.3. The van der Waals surface area contributed by atoms with Crippen LogP contribution in [-0.2, 0) is 9.53 Å². The number of nitrogens with one attached hydrogen (secondary N) is 1. The van der Waals surface area contributed by atoms with Gasteiger partial charge in [0.05, 0.1) is 19.8 Å². The Morgan fingerprint density at radius 3 is 2.83 bits per heavy atom. The Morgan fingerprint density at radius 2 is 2.17 bits per heavy atom. The fourth-order valence-corrected chi connectivity index (χ4v) is 2.79. The quantitative estimate of drug-likeness (QED) is 0.818. The van der Waals surface area contributed by atoms with E-state index in [9.17, 15) is 4.79 Å². The minimum Gasteiger partial charge on any atom is -0.378 e. The van der Waals surface area contributed by atoms with Crippen molar-refractivity contribution in [2.45, 2.75) is 0 Å². The third kappa shape index (κ3) is 3.73. The summed E-state index contributed by atoms with van der Waals surface area (Å²) in [5, 5.41) is 3.84. The molecule has 1 aromatic rings. The van der Waals surface area contributed by atoms with Gasteiger partial charge in [-0.2, -0.15) is 0 Å². The van der Waals surface area contributed by atoms with Crippen LogP contribution in [0.4, 0.5) is 5.69 Å². The highest BCUT2D eigenvalue weighted by molar-refractivity contribution is 14.1. The van der Waals surface area contributed by atoms with Gasteiger partial charge in [-0.3, -0.25) is 4.79 Å². The molecule has 6 heteroatoms. The lowest BCUT2D eigenvalue weighted by Gasteiger charge is -2.27. The Kier molecular flexibility index (Phi) is 5.08. The van der Waals surface area contributed by atoms with Crippen molar-refractivity contribution < 1.29 is 9.53 Å². The molecule has 1 heterocycles. The molecule has 1 saturated heterocycles. The molecular weight excluding hydrogens is 367 g/mol. The number of morpholine rings is 1. The number of rotatable bonds is 3. The normalized spacial score (nSPS) is 15.6. The van der Waals surface area contributed by atoms with Crippen molar-refractivity contribution in [3.8, 4) is 0 Å². The van der Waals surface area contributed by atoms with Crippen LogP contribution in [0.2, 0.25) is 5.02 Å². The van der Waals surface area contributed by atoms with Crippen LogP contribution in [0, 0.1) is 3.57 Å². The van der Waals surface area contributed by atoms with Gasteiger partial charge >= 0.3 is 0 Å². The largest absolute Gasteiger partial charge is 0.378 e. The molecule has 0 aromatic heterocycles. The van der Waals surface area contributed by atoms with E-state index in [4.69, 9.17) is 16.3 Å². The van der Waals surface area contributed by atoms with Crippen molar-refractivity contribution in [1.29, 1.82) is 0 Å². The Morgan fingerprint density at radius 1 is 1.44 bits per heavy atom. The number of anilines is 1. The average molecular weight is 381 g/mol. The number of halogens is 2. The molecule has 0 bridgehead atoms. The van der Waals surface area contributed by atoms with Crippen LogP contribution in [0.5, 0.6) is 0 Å². The van der Waals surface area contributed by atoms with Crippen LogP contribution in [-0.4, -0.2) is 43.7 Å². The fraction of sp³-hybridized carbons (Fsp3) is 0.417. The van der Waals surface area contributed by atoms with Crippen molar-refractivity contribution in [3.05, 3.63) is 26.8 Å². The van der Waals surface area contributed by atoms with Gasteiger partial charge in [0, 0.05) is 27.4 Å². The average Bonchev–Trinajstić information content (AvgIpc) is 2.38. The molecule has 0 aliphatic carbocycles. The van der Waals surface area contributed by atoms with Crippen LogP contribution >= 0.6 is 34.2 Å². The first-order valence-corrected chi connectivity index (χ1v) is 7.17. The van der Waals surface area contributed by atoms with Gasteiger partial charge in [-0.05, 0) is 40.8 Å². The van der Waals surface area contributed by atoms with Crippen LogP contribution in [0.3, 0.4) is 0 Å². The minimum absolute atomic E-state index is 0.101. The fourth-order valence-electron chi connectivity index (χ4n) is 1.73. The van der Waals surface area contributed by atoms with Gasteiger partial charge in [-0.15, -0.1) is 0 Å². The van der Waals surface area contributed by atoms with E-state index in [1.165, 1.54) is 0 Å². The van der Waals surface area contributed by atoms with Gasteiger partial charge in [-0.1, -0.05) is 11.6 Å². The van der Waals surface area contributed by atoms with E-state index >= 15 is 0 Å². The monoisotopic (exact) mass is 380 g/mol. The third-order valence-electron chi connectivity index (χ3n) is 2.72. The zero-order valence-corrected chi connectivity index (χ0v) is 12.7. The van der Waals surface area contributed by atoms with Gasteiger partial charge in [0.15, 0.2) is 0 Å². The molecule has 1 aliphatic heterocycles. The second-order valence-electron chi connectivity index (χ2n) is 3.97. The molecule has 0 unspecified atom stereocenters. The number of carbonyl (C=O) groups excluding carboxylic acids is 1. The third-order valence-corrected chi connectivity index (χ3v) is 3.85. The molecule has 1 N–H and O–H groups in total. The molecule has 2 rings (SSSR count). The second-order valence-corrected chi connectivity index (χ2v) is 5.57. The molecule has 0 spiro atoms. The number of nitrogens with zero attached hydrogens (tertiary/aromatic N) is 1. The van der Waals surface area contributed by atoms with Crippen molar-refractivity contribution in [2.75, 3.05) is 38.2 Å². The van der Waals surface area contributed by atoms with E-state index in [-0.39, 0.29) is 5.91 Å². The number of benzene rings is 1. The zero-order chi connectivity index (χ0) is 13.0. The highest BCUT2D eigenvalue weighted by Crippen LogP contribution is 2.22. The first kappa shape index (κ1) is 13.9. The molecule has 4 nitrogen and oxygen atoms in total. The van der Waals surface area contributed by atoms with Crippen molar-refractivity contribution in [2.24, 2.45) is 0 Å². The molecule has 0 atom stereocenters. The molecule has 98 valence electrons. The first-order valence-electron chi connectivity index (χ1n) is 5.71. The summed E-state index contributed by atoms with van der Waals surface area (Å²) < 4.78 is 6.22. The predicted molar refractivity (Wildman–Crippen MR) is 80.1 cm³/mol. The number of amides is 1. The summed E-state index contributed by atoms with van der Waals surface area (Å²) in [6, 6.07) is 5.56. The van der Waals surface area contributed by atoms with Crippen LogP contribution in [0.25, 0.3) is 0 Å².